The third kappa shape index (κ3) is 1.99. The molecule has 1 amide bonds. The molecule has 1 aliphatic heterocycles. The van der Waals surface area contributed by atoms with Gasteiger partial charge >= 0.3 is 6.09 Å². The molecule has 0 unspecified atom stereocenters. The maximum Gasteiger partial charge on any atom is 0.424 e. The predicted molar refractivity (Wildman–Crippen MR) is 81.7 cm³/mol. The number of sulfonamides is 1. The van der Waals surface area contributed by atoms with Crippen LogP contribution in [0.4, 0.5) is 4.79 Å². The molecule has 5 nitrogen and oxygen atoms in total. The molecule has 0 spiro atoms. The largest absolute Gasteiger partial charge is 0.452 e. The topological polar surface area (TPSA) is 63.7 Å². The zero-order valence-corrected chi connectivity index (χ0v) is 12.8. The predicted octanol–water partition coefficient (Wildman–Crippen LogP) is 2.34. The van der Waals surface area contributed by atoms with Crippen LogP contribution in [0, 0.1) is 0 Å². The molecule has 0 N–H and O–H groups in total. The van der Waals surface area contributed by atoms with Gasteiger partial charge in [-0.15, -0.1) is 0 Å². The Morgan fingerprint density at radius 2 is 1.45 bits per heavy atom. The molecule has 0 aliphatic carbocycles. The molecule has 0 bridgehead atoms. The summed E-state index contributed by atoms with van der Waals surface area (Å²) in [5.41, 5.74) is 0.428. The van der Waals surface area contributed by atoms with E-state index in [-0.39, 0.29) is 5.75 Å². The van der Waals surface area contributed by atoms with Crippen LogP contribution < -0.4 is 0 Å². The van der Waals surface area contributed by atoms with E-state index in [1.165, 1.54) is 7.11 Å². The Balaban J connectivity index is 2.24. The van der Waals surface area contributed by atoms with E-state index in [0.717, 1.165) is 15.4 Å². The molecule has 2 aromatic rings. The Morgan fingerprint density at radius 3 is 1.82 bits per heavy atom. The van der Waals surface area contributed by atoms with Crippen LogP contribution in [-0.4, -0.2) is 31.7 Å². The normalized spacial score (nSPS) is 18.3. The molecular formula is C16H15NO4S. The lowest BCUT2D eigenvalue weighted by Gasteiger charge is -2.50. The van der Waals surface area contributed by atoms with Gasteiger partial charge in [0.1, 0.15) is 11.3 Å². The Labute approximate surface area is 129 Å². The van der Waals surface area contributed by atoms with Gasteiger partial charge in [0.2, 0.25) is 10.0 Å². The SMILES string of the molecule is COC(=O)N1C(c2ccccc2)(c2ccccc2)CS1(=O)=O. The first-order valence-corrected chi connectivity index (χ1v) is 8.35. The molecule has 22 heavy (non-hydrogen) atoms. The Bertz CT molecular complexity index is 748. The van der Waals surface area contributed by atoms with Crippen molar-refractivity contribution >= 4 is 16.1 Å². The van der Waals surface area contributed by atoms with Gasteiger partial charge in [-0.05, 0) is 11.1 Å². The van der Waals surface area contributed by atoms with Crippen LogP contribution in [0.2, 0.25) is 0 Å². The quantitative estimate of drug-likeness (QED) is 0.853. The van der Waals surface area contributed by atoms with Crippen LogP contribution in [0.5, 0.6) is 0 Å². The van der Waals surface area contributed by atoms with Crippen molar-refractivity contribution in [1.82, 2.24) is 4.31 Å². The second-order valence-electron chi connectivity index (χ2n) is 5.08. The molecule has 1 fully saturated rings. The number of hydrogen-bond acceptors (Lipinski definition) is 4. The number of hydrogen-bond donors (Lipinski definition) is 0. The molecule has 6 heteroatoms. The monoisotopic (exact) mass is 317 g/mol. The van der Waals surface area contributed by atoms with Gasteiger partial charge in [-0.2, -0.15) is 4.31 Å². The van der Waals surface area contributed by atoms with Crippen LogP contribution >= 0.6 is 0 Å². The zero-order chi connectivity index (χ0) is 15.8. The maximum absolute atomic E-state index is 12.2. The fourth-order valence-electron chi connectivity index (χ4n) is 2.90. The first-order valence-electron chi connectivity index (χ1n) is 6.74. The van der Waals surface area contributed by atoms with Gasteiger partial charge in [0.05, 0.1) is 7.11 Å². The fraction of sp³-hybridized carbons (Fsp3) is 0.188. The van der Waals surface area contributed by atoms with Gasteiger partial charge in [0.15, 0.2) is 0 Å². The number of amides is 1. The third-order valence-corrected chi connectivity index (χ3v) is 5.66. The average molecular weight is 317 g/mol. The zero-order valence-electron chi connectivity index (χ0n) is 12.0. The number of nitrogens with zero attached hydrogens (tertiary/aromatic N) is 1. The number of benzene rings is 2. The van der Waals surface area contributed by atoms with Crippen LogP contribution in [-0.2, 0) is 20.3 Å². The summed E-state index contributed by atoms with van der Waals surface area (Å²) in [6.07, 6.45) is -0.876. The number of carbonyl (C=O) groups excluding carboxylic acids is 1. The van der Waals surface area contributed by atoms with Gasteiger partial charge in [0, 0.05) is 0 Å². The highest BCUT2D eigenvalue weighted by molar-refractivity contribution is 7.91. The summed E-state index contributed by atoms with van der Waals surface area (Å²) in [4.78, 5) is 12.1. The van der Waals surface area contributed by atoms with E-state index in [4.69, 9.17) is 4.74 Å². The third-order valence-electron chi connectivity index (χ3n) is 3.86. The summed E-state index contributed by atoms with van der Waals surface area (Å²) < 4.78 is 29.9. The number of carbonyl (C=O) groups is 1. The highest BCUT2D eigenvalue weighted by Crippen LogP contribution is 2.47. The highest BCUT2D eigenvalue weighted by Gasteiger charge is 2.61. The summed E-state index contributed by atoms with van der Waals surface area (Å²) >= 11 is 0. The highest BCUT2D eigenvalue weighted by atomic mass is 32.2. The van der Waals surface area contributed by atoms with E-state index >= 15 is 0 Å². The van der Waals surface area contributed by atoms with E-state index in [1.54, 1.807) is 0 Å². The first kappa shape index (κ1) is 14.6. The smallest absolute Gasteiger partial charge is 0.424 e. The van der Waals surface area contributed by atoms with Crippen LogP contribution in [0.3, 0.4) is 0 Å². The van der Waals surface area contributed by atoms with Gasteiger partial charge < -0.3 is 4.74 Å². The van der Waals surface area contributed by atoms with Gasteiger partial charge in [-0.25, -0.2) is 13.2 Å². The lowest BCUT2D eigenvalue weighted by molar-refractivity contribution is 0.114. The number of ether oxygens (including phenoxy) is 1. The molecule has 0 saturated carbocycles. The summed E-state index contributed by atoms with van der Waals surface area (Å²) in [6, 6.07) is 18.2. The van der Waals surface area contributed by atoms with Crippen molar-refractivity contribution in [3.63, 3.8) is 0 Å². The summed E-state index contributed by atoms with van der Waals surface area (Å²) in [5, 5.41) is 0. The molecule has 0 atom stereocenters. The lowest BCUT2D eigenvalue weighted by Crippen LogP contribution is -2.67. The number of rotatable bonds is 2. The maximum atomic E-state index is 12.2. The van der Waals surface area contributed by atoms with Crippen molar-refractivity contribution in [3.05, 3.63) is 71.8 Å². The van der Waals surface area contributed by atoms with E-state index in [0.29, 0.717) is 0 Å². The summed E-state index contributed by atoms with van der Waals surface area (Å²) in [7, 11) is -2.50. The van der Waals surface area contributed by atoms with Gasteiger partial charge in [-0.1, -0.05) is 60.7 Å². The molecule has 3 rings (SSSR count). The minimum Gasteiger partial charge on any atom is -0.452 e. The lowest BCUT2D eigenvalue weighted by atomic mass is 9.84. The van der Waals surface area contributed by atoms with Gasteiger partial charge in [-0.3, -0.25) is 0 Å². The van der Waals surface area contributed by atoms with Crippen LogP contribution in [0.1, 0.15) is 11.1 Å². The first-order chi connectivity index (χ1) is 10.5. The molecule has 2 aromatic carbocycles. The van der Waals surface area contributed by atoms with Crippen molar-refractivity contribution in [2.75, 3.05) is 12.9 Å². The molecule has 0 aromatic heterocycles. The van der Waals surface area contributed by atoms with Crippen molar-refractivity contribution < 1.29 is 17.9 Å². The van der Waals surface area contributed by atoms with Crippen molar-refractivity contribution in [2.24, 2.45) is 0 Å². The molecule has 1 saturated heterocycles. The van der Waals surface area contributed by atoms with E-state index in [1.807, 2.05) is 60.7 Å². The molecular weight excluding hydrogens is 302 g/mol. The van der Waals surface area contributed by atoms with Crippen molar-refractivity contribution in [3.8, 4) is 0 Å². The van der Waals surface area contributed by atoms with Crippen LogP contribution in [0.25, 0.3) is 0 Å². The standard InChI is InChI=1S/C16H15NO4S/c1-21-15(18)17-16(12-22(17,19)20,13-8-4-2-5-9-13)14-10-6-3-7-11-14/h2-11H,12H2,1H3. The van der Waals surface area contributed by atoms with Crippen molar-refractivity contribution in [2.45, 2.75) is 5.54 Å². The van der Waals surface area contributed by atoms with E-state index < -0.39 is 21.7 Å². The summed E-state index contributed by atoms with van der Waals surface area (Å²) in [5.74, 6) is -0.164. The number of methoxy groups -OCH3 is 1. The Morgan fingerprint density at radius 1 is 1.00 bits per heavy atom. The molecule has 114 valence electrons. The van der Waals surface area contributed by atoms with Crippen molar-refractivity contribution in [1.29, 1.82) is 0 Å². The Hall–Kier alpha value is -2.34. The minimum absolute atomic E-state index is 0.164. The van der Waals surface area contributed by atoms with E-state index in [2.05, 4.69) is 0 Å². The molecule has 1 heterocycles. The van der Waals surface area contributed by atoms with Gasteiger partial charge in [0.25, 0.3) is 0 Å². The second kappa shape index (κ2) is 5.14. The summed E-state index contributed by atoms with van der Waals surface area (Å²) in [6.45, 7) is 0. The average Bonchev–Trinajstić information content (AvgIpc) is 2.54. The second-order valence-corrected chi connectivity index (χ2v) is 6.90. The Kier molecular flexibility index (Phi) is 3.41. The minimum atomic E-state index is -3.68. The molecule has 1 aliphatic rings. The van der Waals surface area contributed by atoms with Crippen LogP contribution in [0.15, 0.2) is 60.7 Å². The van der Waals surface area contributed by atoms with E-state index in [9.17, 15) is 13.2 Å². The molecule has 0 radical (unpaired) electrons. The fourth-order valence-corrected chi connectivity index (χ4v) is 4.86.